The Bertz CT molecular complexity index is 1400. The third-order valence-corrected chi connectivity index (χ3v) is 6.10. The summed E-state index contributed by atoms with van der Waals surface area (Å²) >= 11 is 0. The summed E-state index contributed by atoms with van der Waals surface area (Å²) in [6, 6.07) is 25.8. The van der Waals surface area contributed by atoms with E-state index in [-0.39, 0.29) is 5.92 Å². The highest BCUT2D eigenvalue weighted by atomic mass is 14.9. The molecular formula is C26H21N3. The highest BCUT2D eigenvalue weighted by Crippen LogP contribution is 2.42. The van der Waals surface area contributed by atoms with Gasteiger partial charge in [0, 0.05) is 64.3 Å². The van der Waals surface area contributed by atoms with E-state index in [1.165, 1.54) is 49.4 Å². The summed E-state index contributed by atoms with van der Waals surface area (Å²) in [4.78, 5) is 6.97. The lowest BCUT2D eigenvalue weighted by atomic mass is 9.84. The second-order valence-electron chi connectivity index (χ2n) is 7.72. The predicted molar refractivity (Wildman–Crippen MR) is 120 cm³/mol. The number of aromatic amines is 2. The van der Waals surface area contributed by atoms with E-state index in [1.807, 2.05) is 0 Å². The number of benzene rings is 3. The van der Waals surface area contributed by atoms with Crippen LogP contribution in [0.5, 0.6) is 0 Å². The van der Waals surface area contributed by atoms with Gasteiger partial charge in [0.1, 0.15) is 0 Å². The molecule has 0 aliphatic rings. The van der Waals surface area contributed by atoms with Crippen molar-refractivity contribution >= 4 is 32.7 Å². The molecule has 0 aliphatic carbocycles. The zero-order chi connectivity index (χ0) is 19.4. The van der Waals surface area contributed by atoms with Gasteiger partial charge in [-0.2, -0.15) is 0 Å². The van der Waals surface area contributed by atoms with Crippen LogP contribution in [0.1, 0.15) is 22.6 Å². The molecule has 0 saturated heterocycles. The maximum absolute atomic E-state index is 3.49. The molecule has 3 heterocycles. The molecule has 0 bridgehead atoms. The van der Waals surface area contributed by atoms with Crippen molar-refractivity contribution in [2.24, 2.45) is 7.05 Å². The van der Waals surface area contributed by atoms with Gasteiger partial charge in [-0.25, -0.2) is 0 Å². The van der Waals surface area contributed by atoms with Crippen molar-refractivity contribution in [2.75, 3.05) is 0 Å². The minimum atomic E-state index is 0.133. The van der Waals surface area contributed by atoms with Crippen molar-refractivity contribution in [1.82, 2.24) is 14.5 Å². The Labute approximate surface area is 168 Å². The lowest BCUT2D eigenvalue weighted by Gasteiger charge is -2.16. The first-order chi connectivity index (χ1) is 14.3. The van der Waals surface area contributed by atoms with E-state index in [4.69, 9.17) is 0 Å². The lowest BCUT2D eigenvalue weighted by molar-refractivity contribution is 0.934. The van der Waals surface area contributed by atoms with Crippen molar-refractivity contribution in [3.63, 3.8) is 0 Å². The van der Waals surface area contributed by atoms with Gasteiger partial charge in [-0.05, 0) is 34.9 Å². The van der Waals surface area contributed by atoms with Crippen LogP contribution in [0.3, 0.4) is 0 Å². The van der Waals surface area contributed by atoms with Gasteiger partial charge in [0.05, 0.1) is 0 Å². The molecule has 0 saturated carbocycles. The second kappa shape index (κ2) is 6.14. The van der Waals surface area contributed by atoms with Gasteiger partial charge < -0.3 is 14.5 Å². The second-order valence-corrected chi connectivity index (χ2v) is 7.72. The number of rotatable bonds is 3. The van der Waals surface area contributed by atoms with Gasteiger partial charge in [0.25, 0.3) is 0 Å². The van der Waals surface area contributed by atoms with Crippen LogP contribution in [0.15, 0.2) is 91.4 Å². The third-order valence-electron chi connectivity index (χ3n) is 6.10. The van der Waals surface area contributed by atoms with E-state index >= 15 is 0 Å². The summed E-state index contributed by atoms with van der Waals surface area (Å²) in [5.74, 6) is 0.133. The average Bonchev–Trinajstić information content (AvgIpc) is 3.46. The van der Waals surface area contributed by atoms with Crippen molar-refractivity contribution in [2.45, 2.75) is 5.92 Å². The fraction of sp³-hybridized carbons (Fsp3) is 0.0769. The van der Waals surface area contributed by atoms with E-state index in [0.717, 1.165) is 0 Å². The topological polar surface area (TPSA) is 36.5 Å². The molecule has 2 N–H and O–H groups in total. The first-order valence-electron chi connectivity index (χ1n) is 9.97. The standard InChI is InChI=1S/C26H21N3/c1-29-16-22(19-10-4-7-13-25(19)29)26(20-14-27-23-11-5-2-8-17(20)23)21-15-28-24-12-6-3-9-18(21)24/h2-16,26-28H,1H3. The van der Waals surface area contributed by atoms with E-state index in [0.29, 0.717) is 0 Å². The van der Waals surface area contributed by atoms with Crippen LogP contribution in [0.2, 0.25) is 0 Å². The molecule has 3 heteroatoms. The van der Waals surface area contributed by atoms with Crippen LogP contribution >= 0.6 is 0 Å². The molecule has 6 rings (SSSR count). The Kier molecular flexibility index (Phi) is 3.44. The fourth-order valence-corrected chi connectivity index (χ4v) is 4.77. The molecule has 6 aromatic rings. The maximum Gasteiger partial charge on any atom is 0.0480 e. The minimum Gasteiger partial charge on any atom is -0.361 e. The zero-order valence-corrected chi connectivity index (χ0v) is 16.2. The van der Waals surface area contributed by atoms with Crippen molar-refractivity contribution < 1.29 is 0 Å². The predicted octanol–water partition coefficient (Wildman–Crippen LogP) is 6.32. The quantitative estimate of drug-likeness (QED) is 0.363. The summed E-state index contributed by atoms with van der Waals surface area (Å²) in [6.07, 6.45) is 6.65. The molecule has 3 aromatic heterocycles. The van der Waals surface area contributed by atoms with Gasteiger partial charge in [-0.3, -0.25) is 0 Å². The molecule has 29 heavy (non-hydrogen) atoms. The Hall–Kier alpha value is -3.72. The molecule has 0 spiro atoms. The van der Waals surface area contributed by atoms with E-state index in [1.54, 1.807) is 0 Å². The van der Waals surface area contributed by atoms with E-state index in [9.17, 15) is 0 Å². The van der Waals surface area contributed by atoms with Crippen LogP contribution in [0, 0.1) is 0 Å². The van der Waals surface area contributed by atoms with Crippen molar-refractivity contribution in [3.05, 3.63) is 108 Å². The number of nitrogens with zero attached hydrogens (tertiary/aromatic N) is 1. The lowest BCUT2D eigenvalue weighted by Crippen LogP contribution is -2.02. The number of nitrogens with one attached hydrogen (secondary N) is 2. The smallest absolute Gasteiger partial charge is 0.0480 e. The number of para-hydroxylation sites is 3. The van der Waals surface area contributed by atoms with Crippen LogP contribution in [-0.4, -0.2) is 14.5 Å². The van der Waals surface area contributed by atoms with Crippen LogP contribution < -0.4 is 0 Å². The first kappa shape index (κ1) is 16.3. The summed E-state index contributed by atoms with van der Waals surface area (Å²) in [6.45, 7) is 0. The molecular weight excluding hydrogens is 354 g/mol. The maximum atomic E-state index is 3.49. The number of aromatic nitrogens is 3. The molecule has 3 nitrogen and oxygen atoms in total. The number of H-pyrrole nitrogens is 2. The SMILES string of the molecule is Cn1cc(C(c2c[nH]c3ccccc23)c2c[nH]c3ccccc23)c2ccccc21. The van der Waals surface area contributed by atoms with Crippen LogP contribution in [-0.2, 0) is 7.05 Å². The fourth-order valence-electron chi connectivity index (χ4n) is 4.77. The molecule has 0 radical (unpaired) electrons. The monoisotopic (exact) mass is 375 g/mol. The number of hydrogen-bond acceptors (Lipinski definition) is 0. The van der Waals surface area contributed by atoms with E-state index in [2.05, 4.69) is 113 Å². The molecule has 3 aromatic carbocycles. The summed E-state index contributed by atoms with van der Waals surface area (Å²) < 4.78 is 2.24. The largest absolute Gasteiger partial charge is 0.361 e. The summed E-state index contributed by atoms with van der Waals surface area (Å²) in [5.41, 5.74) is 7.55. The molecule has 0 atom stereocenters. The summed E-state index contributed by atoms with van der Waals surface area (Å²) in [7, 11) is 2.13. The zero-order valence-electron chi connectivity index (χ0n) is 16.2. The normalized spacial score (nSPS) is 11.9. The van der Waals surface area contributed by atoms with Crippen LogP contribution in [0.25, 0.3) is 32.7 Å². The highest BCUT2D eigenvalue weighted by Gasteiger charge is 2.26. The van der Waals surface area contributed by atoms with Crippen molar-refractivity contribution in [3.8, 4) is 0 Å². The van der Waals surface area contributed by atoms with Crippen LogP contribution in [0.4, 0.5) is 0 Å². The third kappa shape index (κ3) is 2.37. The first-order valence-corrected chi connectivity index (χ1v) is 9.97. The van der Waals surface area contributed by atoms with Gasteiger partial charge in [0.2, 0.25) is 0 Å². The van der Waals surface area contributed by atoms with E-state index < -0.39 is 0 Å². The number of hydrogen-bond donors (Lipinski definition) is 2. The Morgan fingerprint density at radius 2 is 1.14 bits per heavy atom. The Balaban J connectivity index is 1.71. The summed E-state index contributed by atoms with van der Waals surface area (Å²) in [5, 5.41) is 3.85. The Morgan fingerprint density at radius 1 is 0.621 bits per heavy atom. The van der Waals surface area contributed by atoms with Gasteiger partial charge >= 0.3 is 0 Å². The molecule has 140 valence electrons. The molecule has 0 unspecified atom stereocenters. The molecule has 0 amide bonds. The molecule has 0 fully saturated rings. The number of fused-ring (bicyclic) bond motifs is 3. The van der Waals surface area contributed by atoms with Gasteiger partial charge in [0.15, 0.2) is 0 Å². The van der Waals surface area contributed by atoms with Gasteiger partial charge in [-0.1, -0.05) is 54.6 Å². The molecule has 0 aliphatic heterocycles. The Morgan fingerprint density at radius 3 is 1.76 bits per heavy atom. The average molecular weight is 375 g/mol. The highest BCUT2D eigenvalue weighted by molar-refractivity contribution is 5.92. The van der Waals surface area contributed by atoms with Crippen molar-refractivity contribution in [1.29, 1.82) is 0 Å². The number of aryl methyl sites for hydroxylation is 1. The minimum absolute atomic E-state index is 0.133. The van der Waals surface area contributed by atoms with Gasteiger partial charge in [-0.15, -0.1) is 0 Å².